The Bertz CT molecular complexity index is 602. The topological polar surface area (TPSA) is 54.9 Å². The number of rotatable bonds is 4. The number of nitrogens with one attached hydrogen (secondary N) is 1. The van der Waals surface area contributed by atoms with Crippen molar-refractivity contribution < 1.29 is 9.18 Å². The van der Waals surface area contributed by atoms with Gasteiger partial charge in [0.25, 0.3) is 5.91 Å². The highest BCUT2D eigenvalue weighted by molar-refractivity contribution is 9.10. The van der Waals surface area contributed by atoms with Crippen molar-refractivity contribution in [2.45, 2.75) is 19.8 Å². The number of hydrogen-bond donors (Lipinski definition) is 1. The molecule has 1 heterocycles. The molecule has 0 fully saturated rings. The summed E-state index contributed by atoms with van der Waals surface area (Å²) in [6.45, 7) is 2.04. The van der Waals surface area contributed by atoms with Crippen molar-refractivity contribution in [2.24, 2.45) is 0 Å². The molecular weight excluding hydrogens is 333 g/mol. The van der Waals surface area contributed by atoms with Crippen LogP contribution < -0.4 is 5.32 Å². The molecule has 7 heteroatoms. The van der Waals surface area contributed by atoms with Gasteiger partial charge in [0.1, 0.15) is 10.8 Å². The molecule has 0 saturated heterocycles. The van der Waals surface area contributed by atoms with Crippen LogP contribution >= 0.6 is 27.3 Å². The van der Waals surface area contributed by atoms with E-state index in [9.17, 15) is 9.18 Å². The second-order valence-corrected chi connectivity index (χ2v) is 5.81. The van der Waals surface area contributed by atoms with Crippen molar-refractivity contribution >= 4 is 38.3 Å². The van der Waals surface area contributed by atoms with E-state index in [0.717, 1.165) is 17.8 Å². The highest BCUT2D eigenvalue weighted by atomic mass is 79.9. The van der Waals surface area contributed by atoms with Gasteiger partial charge in [0.05, 0.1) is 5.56 Å². The number of halogens is 2. The van der Waals surface area contributed by atoms with Crippen molar-refractivity contribution in [2.75, 3.05) is 5.32 Å². The maximum atomic E-state index is 13.6. The fourth-order valence-electron chi connectivity index (χ4n) is 1.46. The lowest BCUT2D eigenvalue weighted by Gasteiger charge is -2.02. The molecule has 1 amide bonds. The summed E-state index contributed by atoms with van der Waals surface area (Å²) in [5, 5.41) is 11.6. The van der Waals surface area contributed by atoms with Gasteiger partial charge >= 0.3 is 0 Å². The van der Waals surface area contributed by atoms with Gasteiger partial charge in [0.2, 0.25) is 5.13 Å². The average Bonchev–Trinajstić information content (AvgIpc) is 2.76. The quantitative estimate of drug-likeness (QED) is 0.921. The third-order valence-electron chi connectivity index (χ3n) is 2.33. The first-order valence-corrected chi connectivity index (χ1v) is 7.30. The van der Waals surface area contributed by atoms with E-state index >= 15 is 0 Å². The van der Waals surface area contributed by atoms with Crippen LogP contribution in [0.2, 0.25) is 0 Å². The lowest BCUT2D eigenvalue weighted by molar-refractivity contribution is 0.102. The molecular formula is C12H11BrFN3OS. The van der Waals surface area contributed by atoms with Crippen LogP contribution in [-0.2, 0) is 6.42 Å². The maximum Gasteiger partial charge on any atom is 0.260 e. The molecule has 0 radical (unpaired) electrons. The summed E-state index contributed by atoms with van der Waals surface area (Å²) in [7, 11) is 0. The van der Waals surface area contributed by atoms with Gasteiger partial charge in [-0.1, -0.05) is 34.2 Å². The predicted molar refractivity (Wildman–Crippen MR) is 76.0 cm³/mol. The molecule has 0 saturated carbocycles. The van der Waals surface area contributed by atoms with Crippen LogP contribution in [0.1, 0.15) is 28.7 Å². The predicted octanol–water partition coefficient (Wildman–Crippen LogP) is 3.64. The molecule has 19 heavy (non-hydrogen) atoms. The van der Waals surface area contributed by atoms with Gasteiger partial charge in [-0.2, -0.15) is 0 Å². The second kappa shape index (κ2) is 6.21. The normalized spacial score (nSPS) is 10.5. The summed E-state index contributed by atoms with van der Waals surface area (Å²) >= 11 is 4.44. The number of hydrogen-bond acceptors (Lipinski definition) is 4. The summed E-state index contributed by atoms with van der Waals surface area (Å²) in [5.41, 5.74) is -0.0181. The van der Waals surface area contributed by atoms with Crippen molar-refractivity contribution in [1.82, 2.24) is 10.2 Å². The Morgan fingerprint density at radius 2 is 2.26 bits per heavy atom. The molecule has 1 aromatic carbocycles. The maximum absolute atomic E-state index is 13.6. The Balaban J connectivity index is 2.11. The third-order valence-corrected chi connectivity index (χ3v) is 3.72. The van der Waals surface area contributed by atoms with E-state index in [4.69, 9.17) is 0 Å². The van der Waals surface area contributed by atoms with E-state index in [0.29, 0.717) is 9.60 Å². The highest BCUT2D eigenvalue weighted by Crippen LogP contribution is 2.19. The van der Waals surface area contributed by atoms with Crippen molar-refractivity contribution in [1.29, 1.82) is 0 Å². The minimum absolute atomic E-state index is 0.0181. The molecule has 1 aromatic heterocycles. The van der Waals surface area contributed by atoms with E-state index in [1.165, 1.54) is 23.5 Å². The number of carbonyl (C=O) groups is 1. The monoisotopic (exact) mass is 343 g/mol. The van der Waals surface area contributed by atoms with Crippen molar-refractivity contribution in [3.8, 4) is 0 Å². The Morgan fingerprint density at radius 1 is 1.47 bits per heavy atom. The van der Waals surface area contributed by atoms with Gasteiger partial charge in [-0.25, -0.2) is 4.39 Å². The van der Waals surface area contributed by atoms with Gasteiger partial charge in [0, 0.05) is 10.9 Å². The largest absolute Gasteiger partial charge is 0.296 e. The molecule has 1 N–H and O–H groups in total. The Morgan fingerprint density at radius 3 is 2.95 bits per heavy atom. The first-order chi connectivity index (χ1) is 9.10. The zero-order valence-electron chi connectivity index (χ0n) is 10.1. The molecule has 4 nitrogen and oxygen atoms in total. The first kappa shape index (κ1) is 14.1. The lowest BCUT2D eigenvalue weighted by Crippen LogP contribution is -2.13. The Kier molecular flexibility index (Phi) is 4.60. The molecule has 0 spiro atoms. The van der Waals surface area contributed by atoms with Crippen molar-refractivity contribution in [3.63, 3.8) is 0 Å². The van der Waals surface area contributed by atoms with E-state index < -0.39 is 11.7 Å². The van der Waals surface area contributed by atoms with Gasteiger partial charge in [-0.15, -0.1) is 10.2 Å². The van der Waals surface area contributed by atoms with E-state index in [2.05, 4.69) is 31.4 Å². The smallest absolute Gasteiger partial charge is 0.260 e. The first-order valence-electron chi connectivity index (χ1n) is 5.69. The number of aryl methyl sites for hydroxylation is 1. The molecule has 100 valence electrons. The molecule has 0 aliphatic carbocycles. The number of amides is 1. The Hall–Kier alpha value is -1.34. The number of carbonyl (C=O) groups excluding carboxylic acids is 1. The van der Waals surface area contributed by atoms with Gasteiger partial charge in [-0.05, 0) is 24.6 Å². The molecule has 0 bridgehead atoms. The molecule has 0 aliphatic heterocycles. The summed E-state index contributed by atoms with van der Waals surface area (Å²) in [5.74, 6) is -1.10. The fourth-order valence-corrected chi connectivity index (χ4v) is 2.63. The Labute approximate surface area is 122 Å². The molecule has 0 atom stereocenters. The zero-order valence-corrected chi connectivity index (χ0v) is 12.5. The van der Waals surface area contributed by atoms with Crippen LogP contribution in [0.15, 0.2) is 22.7 Å². The number of benzene rings is 1. The zero-order chi connectivity index (χ0) is 13.8. The molecule has 0 aliphatic rings. The molecule has 2 aromatic rings. The number of anilines is 1. The molecule has 2 rings (SSSR count). The number of nitrogens with zero attached hydrogens (tertiary/aromatic N) is 2. The van der Waals surface area contributed by atoms with Gasteiger partial charge < -0.3 is 0 Å². The minimum atomic E-state index is -0.579. The minimum Gasteiger partial charge on any atom is -0.296 e. The van der Waals surface area contributed by atoms with Crippen LogP contribution in [0, 0.1) is 5.82 Å². The fraction of sp³-hybridized carbons (Fsp3) is 0.250. The van der Waals surface area contributed by atoms with E-state index in [-0.39, 0.29) is 5.56 Å². The standard InChI is InChI=1S/C12H11BrFN3OS/c1-2-3-10-16-17-12(19-10)15-11(18)8-5-4-7(13)6-9(8)14/h4-6H,2-3H2,1H3,(H,15,17,18). The van der Waals surface area contributed by atoms with Gasteiger partial charge in [-0.3, -0.25) is 10.1 Å². The van der Waals surface area contributed by atoms with Crippen LogP contribution in [0.5, 0.6) is 0 Å². The SMILES string of the molecule is CCCc1nnc(NC(=O)c2ccc(Br)cc2F)s1. The van der Waals surface area contributed by atoms with Crippen LogP contribution in [0.25, 0.3) is 0 Å². The summed E-state index contributed by atoms with van der Waals surface area (Å²) in [4.78, 5) is 11.9. The summed E-state index contributed by atoms with van der Waals surface area (Å²) in [6, 6.07) is 4.28. The van der Waals surface area contributed by atoms with E-state index in [1.807, 2.05) is 6.92 Å². The van der Waals surface area contributed by atoms with Crippen LogP contribution in [0.4, 0.5) is 9.52 Å². The van der Waals surface area contributed by atoms with Crippen molar-refractivity contribution in [3.05, 3.63) is 39.1 Å². The third kappa shape index (κ3) is 3.57. The highest BCUT2D eigenvalue weighted by Gasteiger charge is 2.14. The van der Waals surface area contributed by atoms with E-state index in [1.54, 1.807) is 6.07 Å². The van der Waals surface area contributed by atoms with Gasteiger partial charge in [0.15, 0.2) is 0 Å². The number of aromatic nitrogens is 2. The summed E-state index contributed by atoms with van der Waals surface area (Å²) in [6.07, 6.45) is 1.78. The summed E-state index contributed by atoms with van der Waals surface area (Å²) < 4.78 is 14.2. The van der Waals surface area contributed by atoms with Crippen LogP contribution in [0.3, 0.4) is 0 Å². The second-order valence-electron chi connectivity index (χ2n) is 3.83. The average molecular weight is 344 g/mol. The lowest BCUT2D eigenvalue weighted by atomic mass is 10.2. The molecule has 0 unspecified atom stereocenters. The van der Waals surface area contributed by atoms with Crippen LogP contribution in [-0.4, -0.2) is 16.1 Å².